The highest BCUT2D eigenvalue weighted by Crippen LogP contribution is 2.27. The van der Waals surface area contributed by atoms with Crippen LogP contribution < -0.4 is 0 Å². The fourth-order valence-corrected chi connectivity index (χ4v) is 3.54. The summed E-state index contributed by atoms with van der Waals surface area (Å²) in [5.41, 5.74) is -11.6. The van der Waals surface area contributed by atoms with Crippen molar-refractivity contribution in [1.82, 2.24) is 0 Å². The van der Waals surface area contributed by atoms with Gasteiger partial charge in [-0.15, -0.1) is 0 Å². The summed E-state index contributed by atoms with van der Waals surface area (Å²) >= 11 is 0. The summed E-state index contributed by atoms with van der Waals surface area (Å²) in [6, 6.07) is 0. The fourth-order valence-electron chi connectivity index (χ4n) is 1.18. The van der Waals surface area contributed by atoms with Crippen LogP contribution >= 0.6 is 0 Å². The van der Waals surface area contributed by atoms with E-state index in [1.807, 2.05) is 0 Å². The predicted octanol–water partition coefficient (Wildman–Crippen LogP) is 1.21. The highest BCUT2D eigenvalue weighted by atomic mass is 32.2. The lowest BCUT2D eigenvalue weighted by Gasteiger charge is -2.15. The van der Waals surface area contributed by atoms with Crippen molar-refractivity contribution >= 4 is 40.5 Å². The van der Waals surface area contributed by atoms with E-state index in [0.29, 0.717) is 6.92 Å². The predicted molar refractivity (Wildman–Crippen MR) is 102 cm³/mol. The third-order valence-electron chi connectivity index (χ3n) is 2.82. The van der Waals surface area contributed by atoms with Gasteiger partial charge in [0.1, 0.15) is 0 Å². The molecule has 0 spiro atoms. The van der Waals surface area contributed by atoms with Crippen LogP contribution in [0.2, 0.25) is 0 Å². The minimum Gasteiger partial charge on any atom is -0.267 e. The number of hydrogen-bond acceptors (Lipinski definition) is 12. The lowest BCUT2D eigenvalue weighted by molar-refractivity contribution is -0.0622. The van der Waals surface area contributed by atoms with Crippen LogP contribution in [0.3, 0.4) is 0 Å². The molecule has 2 unspecified atom stereocenters. The van der Waals surface area contributed by atoms with E-state index < -0.39 is 70.3 Å². The van der Waals surface area contributed by atoms with Crippen LogP contribution in [0.1, 0.15) is 27.7 Å². The molecule has 0 aromatic rings. The van der Waals surface area contributed by atoms with E-state index in [0.717, 1.165) is 0 Å². The second kappa shape index (κ2) is 13.0. The van der Waals surface area contributed by atoms with E-state index in [1.165, 1.54) is 20.8 Å². The molecule has 12 nitrogen and oxygen atoms in total. The molecule has 0 aromatic heterocycles. The standard InChI is InChI=1S/C7H16O6S2.C5H6F6O6S2/c1-4-14(8,9)12-6-7(3)13-15(10,11)5-2;1-3(17-19(14,15)5(9,10)11)2-16-18(12,13)4(6,7)8/h7H,4-6H2,1-3H3;3H,2H2,1H3. The molecule has 0 heterocycles. The molecule has 0 saturated carbocycles. The SMILES string of the molecule is CC(COS(=O)(=O)C(F)(F)F)OS(=O)(=O)C(F)(F)F.CCS(=O)(=O)OCC(C)OS(=O)(=O)CC. The van der Waals surface area contributed by atoms with Crippen LogP contribution in [0.4, 0.5) is 26.3 Å². The maximum absolute atomic E-state index is 11.8. The van der Waals surface area contributed by atoms with Gasteiger partial charge in [0.25, 0.3) is 20.2 Å². The van der Waals surface area contributed by atoms with Crippen molar-refractivity contribution in [1.29, 1.82) is 0 Å². The van der Waals surface area contributed by atoms with Gasteiger partial charge in [0.15, 0.2) is 0 Å². The molecule has 208 valence electrons. The Morgan fingerprint density at radius 1 is 0.588 bits per heavy atom. The van der Waals surface area contributed by atoms with Gasteiger partial charge in [-0.1, -0.05) is 0 Å². The first-order chi connectivity index (χ1) is 14.8. The smallest absolute Gasteiger partial charge is 0.267 e. The van der Waals surface area contributed by atoms with E-state index in [2.05, 4.69) is 16.7 Å². The van der Waals surface area contributed by atoms with Crippen molar-refractivity contribution < 1.29 is 76.7 Å². The number of hydrogen-bond donors (Lipinski definition) is 0. The average molecular weight is 601 g/mol. The van der Waals surface area contributed by atoms with Gasteiger partial charge >= 0.3 is 31.3 Å². The first-order valence-corrected chi connectivity index (χ1v) is 14.5. The lowest BCUT2D eigenvalue weighted by Crippen LogP contribution is -2.33. The lowest BCUT2D eigenvalue weighted by atomic mass is 10.5. The Labute approximate surface area is 193 Å². The quantitative estimate of drug-likeness (QED) is 0.178. The molecule has 0 radical (unpaired) electrons. The molecule has 0 saturated heterocycles. The summed E-state index contributed by atoms with van der Waals surface area (Å²) in [5.74, 6) is -0.307. The Kier molecular flexibility index (Phi) is 13.5. The molecule has 0 aliphatic carbocycles. The highest BCUT2D eigenvalue weighted by molar-refractivity contribution is 7.88. The van der Waals surface area contributed by atoms with Crippen LogP contribution in [0.15, 0.2) is 0 Å². The number of halogens is 6. The van der Waals surface area contributed by atoms with Crippen LogP contribution in [-0.4, -0.2) is 81.6 Å². The van der Waals surface area contributed by atoms with Crippen molar-refractivity contribution in [3.63, 3.8) is 0 Å². The van der Waals surface area contributed by atoms with E-state index in [1.54, 1.807) is 0 Å². The molecule has 0 amide bonds. The Morgan fingerprint density at radius 2 is 0.941 bits per heavy atom. The normalized spacial score (nSPS) is 15.8. The Balaban J connectivity index is 0. The molecule has 0 fully saturated rings. The van der Waals surface area contributed by atoms with Crippen molar-refractivity contribution in [3.8, 4) is 0 Å². The zero-order chi connectivity index (χ0) is 27.8. The molecule has 0 bridgehead atoms. The first kappa shape index (κ1) is 35.4. The molecule has 0 aliphatic heterocycles. The van der Waals surface area contributed by atoms with Gasteiger partial charge in [-0.2, -0.15) is 60.0 Å². The summed E-state index contributed by atoms with van der Waals surface area (Å²) in [6.45, 7) is 3.02. The number of alkyl halides is 6. The van der Waals surface area contributed by atoms with Crippen molar-refractivity contribution in [2.75, 3.05) is 24.7 Å². The largest absolute Gasteiger partial charge is 0.523 e. The zero-order valence-electron chi connectivity index (χ0n) is 17.8. The van der Waals surface area contributed by atoms with E-state index in [9.17, 15) is 60.0 Å². The fraction of sp³-hybridized carbons (Fsp3) is 1.00. The third kappa shape index (κ3) is 13.9. The Hall–Kier alpha value is -0.780. The van der Waals surface area contributed by atoms with E-state index in [-0.39, 0.29) is 18.1 Å². The maximum Gasteiger partial charge on any atom is 0.523 e. The summed E-state index contributed by atoms with van der Waals surface area (Å²) < 4.78 is 172. The van der Waals surface area contributed by atoms with Gasteiger partial charge in [0.2, 0.25) is 0 Å². The van der Waals surface area contributed by atoms with Crippen LogP contribution in [0, 0.1) is 0 Å². The average Bonchev–Trinajstić information content (AvgIpc) is 2.63. The number of rotatable bonds is 12. The Bertz CT molecular complexity index is 1050. The zero-order valence-corrected chi connectivity index (χ0v) is 21.0. The van der Waals surface area contributed by atoms with E-state index >= 15 is 0 Å². The summed E-state index contributed by atoms with van der Waals surface area (Å²) in [5, 5.41) is 0. The minimum absolute atomic E-state index is 0.153. The minimum atomic E-state index is -6.06. The monoisotopic (exact) mass is 600 g/mol. The molecule has 2 atom stereocenters. The van der Waals surface area contributed by atoms with Gasteiger partial charge in [0.05, 0.1) is 36.9 Å². The summed E-state index contributed by atoms with van der Waals surface area (Å²) in [7, 11) is -19.2. The van der Waals surface area contributed by atoms with Crippen molar-refractivity contribution in [3.05, 3.63) is 0 Å². The molecule has 0 aromatic carbocycles. The van der Waals surface area contributed by atoms with Gasteiger partial charge in [-0.25, -0.2) is 0 Å². The first-order valence-electron chi connectivity index (χ1n) is 8.55. The molecular formula is C12H22F6O12S4. The van der Waals surface area contributed by atoms with Crippen LogP contribution in [0.25, 0.3) is 0 Å². The topological polar surface area (TPSA) is 173 Å². The third-order valence-corrected chi connectivity index (χ3v) is 7.51. The van der Waals surface area contributed by atoms with Crippen molar-refractivity contribution in [2.24, 2.45) is 0 Å². The highest BCUT2D eigenvalue weighted by Gasteiger charge is 2.50. The molecule has 34 heavy (non-hydrogen) atoms. The molecule has 0 rings (SSSR count). The summed E-state index contributed by atoms with van der Waals surface area (Å²) in [4.78, 5) is 0. The second-order valence-electron chi connectivity index (χ2n) is 5.88. The molecule has 0 N–H and O–H groups in total. The van der Waals surface area contributed by atoms with Crippen LogP contribution in [0.5, 0.6) is 0 Å². The van der Waals surface area contributed by atoms with Gasteiger partial charge in [-0.3, -0.25) is 16.7 Å². The van der Waals surface area contributed by atoms with E-state index in [4.69, 9.17) is 0 Å². The molecule has 0 aliphatic rings. The van der Waals surface area contributed by atoms with Gasteiger partial charge < -0.3 is 0 Å². The second-order valence-corrected chi connectivity index (χ2v) is 12.9. The molecule has 22 heteroatoms. The maximum atomic E-state index is 11.8. The summed E-state index contributed by atoms with van der Waals surface area (Å²) in [6.07, 6.45) is -2.90. The van der Waals surface area contributed by atoms with Gasteiger partial charge in [0, 0.05) is 0 Å². The molecular weight excluding hydrogens is 578 g/mol. The van der Waals surface area contributed by atoms with Crippen molar-refractivity contribution in [2.45, 2.75) is 50.9 Å². The van der Waals surface area contributed by atoms with Gasteiger partial charge in [-0.05, 0) is 27.7 Å². The Morgan fingerprint density at radius 3 is 1.29 bits per heavy atom. The van der Waals surface area contributed by atoms with Crippen LogP contribution in [-0.2, 0) is 57.2 Å².